The van der Waals surface area contributed by atoms with Crippen LogP contribution in [0.3, 0.4) is 0 Å². The van der Waals surface area contributed by atoms with Gasteiger partial charge in [0.15, 0.2) is 6.29 Å². The first kappa shape index (κ1) is 13.6. The molecule has 1 fully saturated rings. The summed E-state index contributed by atoms with van der Waals surface area (Å²) in [5, 5.41) is 0. The highest BCUT2D eigenvalue weighted by molar-refractivity contribution is 5.87. The van der Waals surface area contributed by atoms with E-state index in [1.165, 1.54) is 11.1 Å². The first-order valence-corrected chi connectivity index (χ1v) is 7.39. The van der Waals surface area contributed by atoms with Crippen molar-refractivity contribution >= 4 is 5.91 Å². The lowest BCUT2D eigenvalue weighted by atomic mass is 9.76. The van der Waals surface area contributed by atoms with Crippen molar-refractivity contribution in [2.24, 2.45) is 5.92 Å². The summed E-state index contributed by atoms with van der Waals surface area (Å²) in [4.78, 5) is 14.3. The van der Waals surface area contributed by atoms with E-state index >= 15 is 0 Å². The average Bonchev–Trinajstić information content (AvgIpc) is 2.46. The van der Waals surface area contributed by atoms with E-state index in [1.54, 1.807) is 0 Å². The molecule has 2 heterocycles. The molecule has 0 aliphatic carbocycles. The molecule has 4 heteroatoms. The molecular weight excluding hydrogens is 254 g/mol. The lowest BCUT2D eigenvalue weighted by molar-refractivity contribution is -0.216. The second-order valence-electron chi connectivity index (χ2n) is 5.23. The number of carbonyl (C=O) groups is 1. The van der Waals surface area contributed by atoms with Crippen LogP contribution in [0, 0.1) is 5.92 Å². The molecule has 0 unspecified atom stereocenters. The molecule has 0 aromatic heterocycles. The van der Waals surface area contributed by atoms with Gasteiger partial charge in [0.2, 0.25) is 5.91 Å². The lowest BCUT2D eigenvalue weighted by Gasteiger charge is -2.52. The van der Waals surface area contributed by atoms with Crippen LogP contribution < -0.4 is 0 Å². The number of fused-ring (bicyclic) bond motifs is 3. The largest absolute Gasteiger partial charge is 0.352 e. The first-order chi connectivity index (χ1) is 9.77. The van der Waals surface area contributed by atoms with Gasteiger partial charge < -0.3 is 14.4 Å². The van der Waals surface area contributed by atoms with E-state index in [2.05, 4.69) is 18.2 Å². The summed E-state index contributed by atoms with van der Waals surface area (Å²) < 4.78 is 11.3. The molecule has 1 aromatic carbocycles. The Morgan fingerprint density at radius 3 is 2.65 bits per heavy atom. The fourth-order valence-corrected chi connectivity index (χ4v) is 3.33. The van der Waals surface area contributed by atoms with Gasteiger partial charge in [-0.05, 0) is 31.4 Å². The zero-order valence-electron chi connectivity index (χ0n) is 12.0. The topological polar surface area (TPSA) is 38.8 Å². The second kappa shape index (κ2) is 5.54. The number of hydrogen-bond donors (Lipinski definition) is 0. The average molecular weight is 275 g/mol. The zero-order chi connectivity index (χ0) is 14.1. The van der Waals surface area contributed by atoms with E-state index in [0.717, 1.165) is 13.0 Å². The Balaban J connectivity index is 1.88. The minimum atomic E-state index is -0.426. The molecule has 0 spiro atoms. The molecule has 2 aliphatic rings. The Bertz CT molecular complexity index is 496. The number of amides is 1. The summed E-state index contributed by atoms with van der Waals surface area (Å²) in [5.41, 5.74) is 2.60. The minimum absolute atomic E-state index is 0.121. The predicted molar refractivity (Wildman–Crippen MR) is 75.1 cm³/mol. The van der Waals surface area contributed by atoms with E-state index in [-0.39, 0.29) is 17.9 Å². The molecule has 2 atom stereocenters. The number of nitrogens with zero attached hydrogens (tertiary/aromatic N) is 1. The predicted octanol–water partition coefficient (Wildman–Crippen LogP) is 2.14. The van der Waals surface area contributed by atoms with Crippen LogP contribution in [0.15, 0.2) is 24.3 Å². The van der Waals surface area contributed by atoms with Crippen LogP contribution in [0.2, 0.25) is 0 Å². The first-order valence-electron chi connectivity index (χ1n) is 7.39. The van der Waals surface area contributed by atoms with Crippen molar-refractivity contribution in [3.63, 3.8) is 0 Å². The summed E-state index contributed by atoms with van der Waals surface area (Å²) in [6.07, 6.45) is 0.518. The Kier molecular flexibility index (Phi) is 3.76. The van der Waals surface area contributed by atoms with Gasteiger partial charge in [-0.2, -0.15) is 0 Å². The number of carbonyl (C=O) groups excluding carboxylic acids is 1. The molecule has 3 rings (SSSR count). The zero-order valence-corrected chi connectivity index (χ0v) is 12.0. The quantitative estimate of drug-likeness (QED) is 0.610. The molecule has 0 N–H and O–H groups in total. The number of rotatable bonds is 5. The number of hydrogen-bond acceptors (Lipinski definition) is 3. The van der Waals surface area contributed by atoms with Gasteiger partial charge in [-0.25, -0.2) is 0 Å². The molecular formula is C16H21NO3. The number of β-lactam (4-membered cyclic amide) rings is 1. The number of benzene rings is 1. The van der Waals surface area contributed by atoms with Crippen LogP contribution in [0.1, 0.15) is 31.0 Å². The summed E-state index contributed by atoms with van der Waals surface area (Å²) in [6, 6.07) is 8.50. The van der Waals surface area contributed by atoms with Crippen molar-refractivity contribution in [1.82, 2.24) is 4.90 Å². The highest BCUT2D eigenvalue weighted by Gasteiger charge is 2.54. The normalized spacial score (nSPS) is 24.4. The van der Waals surface area contributed by atoms with Crippen LogP contribution >= 0.6 is 0 Å². The standard InChI is InChI=1S/C16H21NO3/c1-3-19-16(20-4-2)13-14-12-8-6-5-7-11(12)9-10-17(14)15(13)18/h5-8,13-14,16H,3-4,9-10H2,1-2H3/t13-,14-/m1/s1. The van der Waals surface area contributed by atoms with Crippen molar-refractivity contribution in [3.05, 3.63) is 35.4 Å². The fourth-order valence-electron chi connectivity index (χ4n) is 3.33. The van der Waals surface area contributed by atoms with Gasteiger partial charge in [-0.1, -0.05) is 24.3 Å². The van der Waals surface area contributed by atoms with E-state index in [9.17, 15) is 4.79 Å². The third kappa shape index (κ3) is 2.03. The Morgan fingerprint density at radius 1 is 1.25 bits per heavy atom. The molecule has 2 aliphatic heterocycles. The molecule has 20 heavy (non-hydrogen) atoms. The molecule has 0 radical (unpaired) electrons. The van der Waals surface area contributed by atoms with E-state index < -0.39 is 6.29 Å². The van der Waals surface area contributed by atoms with Crippen LogP contribution in [-0.4, -0.2) is 36.9 Å². The van der Waals surface area contributed by atoms with Gasteiger partial charge in [0.25, 0.3) is 0 Å². The highest BCUT2D eigenvalue weighted by Crippen LogP contribution is 2.46. The maximum absolute atomic E-state index is 12.4. The maximum atomic E-state index is 12.4. The van der Waals surface area contributed by atoms with E-state index in [1.807, 2.05) is 24.8 Å². The van der Waals surface area contributed by atoms with Gasteiger partial charge >= 0.3 is 0 Å². The molecule has 0 bridgehead atoms. The highest BCUT2D eigenvalue weighted by atomic mass is 16.7. The molecule has 1 amide bonds. The van der Waals surface area contributed by atoms with Crippen LogP contribution in [-0.2, 0) is 20.7 Å². The number of ether oxygens (including phenoxy) is 2. The third-order valence-electron chi connectivity index (χ3n) is 4.20. The molecule has 108 valence electrons. The SMILES string of the molecule is CCOC(OCC)[C@H]1C(=O)N2CCc3ccccc3[C@H]12. The molecule has 4 nitrogen and oxygen atoms in total. The Morgan fingerprint density at radius 2 is 1.95 bits per heavy atom. The summed E-state index contributed by atoms with van der Waals surface area (Å²) >= 11 is 0. The van der Waals surface area contributed by atoms with Gasteiger partial charge in [-0.3, -0.25) is 4.79 Å². The van der Waals surface area contributed by atoms with Crippen molar-refractivity contribution in [2.75, 3.05) is 19.8 Å². The van der Waals surface area contributed by atoms with Gasteiger partial charge in [0, 0.05) is 19.8 Å². The summed E-state index contributed by atoms with van der Waals surface area (Å²) in [5.74, 6) is -0.0345. The summed E-state index contributed by atoms with van der Waals surface area (Å²) in [6.45, 7) is 5.79. The van der Waals surface area contributed by atoms with Gasteiger partial charge in [0.05, 0.1) is 6.04 Å². The molecule has 1 saturated heterocycles. The maximum Gasteiger partial charge on any atom is 0.233 e. The lowest BCUT2D eigenvalue weighted by Crippen LogP contribution is -2.62. The Hall–Kier alpha value is -1.39. The van der Waals surface area contributed by atoms with Crippen LogP contribution in [0.5, 0.6) is 0 Å². The Labute approximate surface area is 119 Å². The van der Waals surface area contributed by atoms with Gasteiger partial charge in [-0.15, -0.1) is 0 Å². The van der Waals surface area contributed by atoms with Crippen LogP contribution in [0.4, 0.5) is 0 Å². The van der Waals surface area contributed by atoms with Crippen molar-refractivity contribution in [3.8, 4) is 0 Å². The van der Waals surface area contributed by atoms with Crippen molar-refractivity contribution < 1.29 is 14.3 Å². The van der Waals surface area contributed by atoms with E-state index in [0.29, 0.717) is 13.2 Å². The fraction of sp³-hybridized carbons (Fsp3) is 0.562. The smallest absolute Gasteiger partial charge is 0.233 e. The van der Waals surface area contributed by atoms with Crippen molar-refractivity contribution in [1.29, 1.82) is 0 Å². The molecule has 1 aromatic rings. The van der Waals surface area contributed by atoms with E-state index in [4.69, 9.17) is 9.47 Å². The molecule has 0 saturated carbocycles. The van der Waals surface area contributed by atoms with Crippen molar-refractivity contribution in [2.45, 2.75) is 32.6 Å². The summed E-state index contributed by atoms with van der Waals surface area (Å²) in [7, 11) is 0. The van der Waals surface area contributed by atoms with Gasteiger partial charge in [0.1, 0.15) is 5.92 Å². The van der Waals surface area contributed by atoms with Crippen LogP contribution in [0.25, 0.3) is 0 Å². The minimum Gasteiger partial charge on any atom is -0.352 e. The third-order valence-corrected chi connectivity index (χ3v) is 4.20. The second-order valence-corrected chi connectivity index (χ2v) is 5.23. The monoisotopic (exact) mass is 275 g/mol.